The highest BCUT2D eigenvalue weighted by atomic mass is 32.2. The highest BCUT2D eigenvalue weighted by Gasteiger charge is 2.15. The molecule has 0 aliphatic rings. The van der Waals surface area contributed by atoms with Gasteiger partial charge in [-0.05, 0) is 37.6 Å². The van der Waals surface area contributed by atoms with E-state index in [4.69, 9.17) is 4.74 Å². The minimum atomic E-state index is -3.49. The number of ether oxygens (including phenoxy) is 1. The Bertz CT molecular complexity index is 697. The van der Waals surface area contributed by atoms with Gasteiger partial charge in [0.25, 0.3) is 0 Å². The van der Waals surface area contributed by atoms with Crippen molar-refractivity contribution in [3.8, 4) is 5.75 Å². The molecule has 0 saturated carbocycles. The molecule has 0 fully saturated rings. The molecule has 0 unspecified atom stereocenters. The molecule has 4 nitrogen and oxygen atoms in total. The van der Waals surface area contributed by atoms with Gasteiger partial charge in [-0.2, -0.15) is 0 Å². The van der Waals surface area contributed by atoms with Gasteiger partial charge in [-0.3, -0.25) is 0 Å². The average molecular weight is 305 g/mol. The molecular weight excluding hydrogens is 286 g/mol. The fourth-order valence-corrected chi connectivity index (χ4v) is 3.28. The Morgan fingerprint density at radius 1 is 1.05 bits per heavy atom. The third-order valence-corrected chi connectivity index (χ3v) is 4.65. The van der Waals surface area contributed by atoms with Crippen LogP contribution in [0.25, 0.3) is 0 Å². The van der Waals surface area contributed by atoms with Crippen LogP contribution in [0.3, 0.4) is 0 Å². The maximum Gasteiger partial charge on any atom is 0.240 e. The summed E-state index contributed by atoms with van der Waals surface area (Å²) >= 11 is 0. The first-order valence-corrected chi connectivity index (χ1v) is 8.22. The number of nitrogens with one attached hydrogen (secondary N) is 1. The molecule has 1 N–H and O–H groups in total. The summed E-state index contributed by atoms with van der Waals surface area (Å²) in [6.07, 6.45) is 0. The van der Waals surface area contributed by atoms with E-state index in [2.05, 4.69) is 4.72 Å². The molecule has 5 heteroatoms. The molecule has 0 aromatic heterocycles. The van der Waals surface area contributed by atoms with Crippen LogP contribution < -0.4 is 9.46 Å². The minimum absolute atomic E-state index is 0.227. The molecule has 0 atom stereocenters. The lowest BCUT2D eigenvalue weighted by molar-refractivity contribution is 0.323. The number of hydrogen-bond acceptors (Lipinski definition) is 3. The fraction of sp³-hybridized carbons (Fsp3) is 0.250. The highest BCUT2D eigenvalue weighted by Crippen LogP contribution is 2.16. The van der Waals surface area contributed by atoms with Gasteiger partial charge in [0, 0.05) is 6.54 Å². The second-order valence-electron chi connectivity index (χ2n) is 4.83. The molecule has 2 aromatic carbocycles. The Hall–Kier alpha value is -1.85. The molecule has 0 aliphatic carbocycles. The molecule has 0 radical (unpaired) electrons. The van der Waals surface area contributed by atoms with E-state index >= 15 is 0 Å². The monoisotopic (exact) mass is 305 g/mol. The van der Waals surface area contributed by atoms with Gasteiger partial charge in [-0.15, -0.1) is 0 Å². The number of rotatable bonds is 6. The number of sulfonamides is 1. The topological polar surface area (TPSA) is 55.4 Å². The first-order valence-electron chi connectivity index (χ1n) is 6.74. The third kappa shape index (κ3) is 4.31. The summed E-state index contributed by atoms with van der Waals surface area (Å²) in [5, 5.41) is 0. The number of hydrogen-bond donors (Lipinski definition) is 1. The molecular formula is C16H19NO3S. The SMILES string of the molecule is Cc1ccc(S(=O)(=O)NCCOc2ccccc2)c(C)c1. The van der Waals surface area contributed by atoms with E-state index in [0.29, 0.717) is 4.90 Å². The molecule has 112 valence electrons. The molecule has 0 amide bonds. The molecule has 0 spiro atoms. The number of para-hydroxylation sites is 1. The summed E-state index contributed by atoms with van der Waals surface area (Å²) in [7, 11) is -3.49. The first kappa shape index (κ1) is 15.5. The molecule has 0 aliphatic heterocycles. The summed E-state index contributed by atoms with van der Waals surface area (Å²) in [5.74, 6) is 0.725. The van der Waals surface area contributed by atoms with Crippen LogP contribution in [0.1, 0.15) is 11.1 Å². The van der Waals surface area contributed by atoms with Gasteiger partial charge in [-0.1, -0.05) is 35.9 Å². The summed E-state index contributed by atoms with van der Waals surface area (Å²) in [4.78, 5) is 0.313. The van der Waals surface area contributed by atoms with Gasteiger partial charge in [0.05, 0.1) is 4.90 Å². The quantitative estimate of drug-likeness (QED) is 0.835. The molecule has 0 saturated heterocycles. The Morgan fingerprint density at radius 3 is 2.43 bits per heavy atom. The van der Waals surface area contributed by atoms with Crippen molar-refractivity contribution in [1.82, 2.24) is 4.72 Å². The van der Waals surface area contributed by atoms with E-state index in [0.717, 1.165) is 16.9 Å². The van der Waals surface area contributed by atoms with Crippen molar-refractivity contribution in [2.24, 2.45) is 0 Å². The lowest BCUT2D eigenvalue weighted by Crippen LogP contribution is -2.28. The standard InChI is InChI=1S/C16H19NO3S/c1-13-8-9-16(14(2)12-13)21(18,19)17-10-11-20-15-6-4-3-5-7-15/h3-9,12,17H,10-11H2,1-2H3. The fourth-order valence-electron chi connectivity index (χ4n) is 2.04. The van der Waals surface area contributed by atoms with Crippen molar-refractivity contribution < 1.29 is 13.2 Å². The summed E-state index contributed by atoms with van der Waals surface area (Å²) in [5.41, 5.74) is 1.78. The average Bonchev–Trinajstić information content (AvgIpc) is 2.44. The van der Waals surface area contributed by atoms with Crippen LogP contribution in [0.2, 0.25) is 0 Å². The van der Waals surface area contributed by atoms with Gasteiger partial charge in [0.1, 0.15) is 12.4 Å². The highest BCUT2D eigenvalue weighted by molar-refractivity contribution is 7.89. The molecule has 2 aromatic rings. The van der Waals surface area contributed by atoms with Gasteiger partial charge in [-0.25, -0.2) is 13.1 Å². The van der Waals surface area contributed by atoms with Crippen LogP contribution in [0.4, 0.5) is 0 Å². The van der Waals surface area contributed by atoms with Crippen molar-refractivity contribution in [3.05, 3.63) is 59.7 Å². The van der Waals surface area contributed by atoms with Crippen LogP contribution in [0.5, 0.6) is 5.75 Å². The zero-order valence-electron chi connectivity index (χ0n) is 12.2. The summed E-state index contributed by atoms with van der Waals surface area (Å²) in [6.45, 7) is 4.24. The van der Waals surface area contributed by atoms with Gasteiger partial charge < -0.3 is 4.74 Å². The minimum Gasteiger partial charge on any atom is -0.492 e. The Balaban J connectivity index is 1.92. The maximum atomic E-state index is 12.2. The van der Waals surface area contributed by atoms with Crippen LogP contribution >= 0.6 is 0 Å². The summed E-state index contributed by atoms with van der Waals surface area (Å²) in [6, 6.07) is 14.6. The Kier molecular flexibility index (Phi) is 4.98. The van der Waals surface area contributed by atoms with Crippen LogP contribution in [0, 0.1) is 13.8 Å². The van der Waals surface area contributed by atoms with E-state index in [1.807, 2.05) is 43.3 Å². The zero-order chi connectivity index (χ0) is 15.3. The smallest absolute Gasteiger partial charge is 0.240 e. The number of benzene rings is 2. The Morgan fingerprint density at radius 2 is 1.76 bits per heavy atom. The zero-order valence-corrected chi connectivity index (χ0v) is 13.0. The van der Waals surface area contributed by atoms with Crippen molar-refractivity contribution in [1.29, 1.82) is 0 Å². The molecule has 2 rings (SSSR count). The van der Waals surface area contributed by atoms with E-state index in [1.165, 1.54) is 0 Å². The van der Waals surface area contributed by atoms with Crippen LogP contribution in [-0.2, 0) is 10.0 Å². The first-order chi connectivity index (χ1) is 9.99. The van der Waals surface area contributed by atoms with Crippen LogP contribution in [-0.4, -0.2) is 21.6 Å². The van der Waals surface area contributed by atoms with Crippen molar-refractivity contribution in [2.75, 3.05) is 13.2 Å². The van der Waals surface area contributed by atoms with Crippen molar-refractivity contribution in [3.63, 3.8) is 0 Å². The van der Waals surface area contributed by atoms with Crippen molar-refractivity contribution in [2.45, 2.75) is 18.7 Å². The normalized spacial score (nSPS) is 11.3. The third-order valence-electron chi connectivity index (χ3n) is 3.03. The second-order valence-corrected chi connectivity index (χ2v) is 6.56. The largest absolute Gasteiger partial charge is 0.492 e. The predicted octanol–water partition coefficient (Wildman–Crippen LogP) is 2.66. The molecule has 0 heterocycles. The van der Waals surface area contributed by atoms with Crippen LogP contribution in [0.15, 0.2) is 53.4 Å². The Labute approximate surface area is 125 Å². The van der Waals surface area contributed by atoms with Gasteiger partial charge in [0.2, 0.25) is 10.0 Å². The molecule has 21 heavy (non-hydrogen) atoms. The van der Waals surface area contributed by atoms with E-state index in [1.54, 1.807) is 19.1 Å². The lowest BCUT2D eigenvalue weighted by Gasteiger charge is -2.10. The maximum absolute atomic E-state index is 12.2. The van der Waals surface area contributed by atoms with Gasteiger partial charge in [0.15, 0.2) is 0 Å². The van der Waals surface area contributed by atoms with Gasteiger partial charge >= 0.3 is 0 Å². The van der Waals surface area contributed by atoms with Crippen molar-refractivity contribution >= 4 is 10.0 Å². The van der Waals surface area contributed by atoms with E-state index in [9.17, 15) is 8.42 Å². The van der Waals surface area contributed by atoms with E-state index < -0.39 is 10.0 Å². The predicted molar refractivity (Wildman–Crippen MR) is 83.0 cm³/mol. The lowest BCUT2D eigenvalue weighted by atomic mass is 10.2. The number of aryl methyl sites for hydroxylation is 2. The van der Waals surface area contributed by atoms with E-state index in [-0.39, 0.29) is 13.2 Å². The molecule has 0 bridgehead atoms. The summed E-state index contributed by atoms with van der Waals surface area (Å²) < 4.78 is 32.4. The second kappa shape index (κ2) is 6.74.